The van der Waals surface area contributed by atoms with Crippen molar-refractivity contribution in [3.63, 3.8) is 0 Å². The van der Waals surface area contributed by atoms with Crippen molar-refractivity contribution in [2.75, 3.05) is 30.9 Å². The van der Waals surface area contributed by atoms with Crippen molar-refractivity contribution in [3.05, 3.63) is 48.2 Å². The van der Waals surface area contributed by atoms with Gasteiger partial charge < -0.3 is 9.64 Å². The van der Waals surface area contributed by atoms with Gasteiger partial charge >= 0.3 is 6.18 Å². The third-order valence-corrected chi connectivity index (χ3v) is 8.23. The molecule has 1 fully saturated rings. The number of aromatic nitrogens is 5. The van der Waals surface area contributed by atoms with Gasteiger partial charge in [-0.15, -0.1) is 5.10 Å². The number of sulfone groups is 1. The number of hydrogen-bond acceptors (Lipinski definition) is 9. The number of anilines is 1. The van der Waals surface area contributed by atoms with Gasteiger partial charge in [0, 0.05) is 37.3 Å². The molecule has 0 N–H and O–H groups in total. The highest BCUT2D eigenvalue weighted by Crippen LogP contribution is 2.31. The van der Waals surface area contributed by atoms with Crippen LogP contribution < -0.4 is 9.64 Å². The highest BCUT2D eigenvalue weighted by molar-refractivity contribution is 7.90. The van der Waals surface area contributed by atoms with Crippen LogP contribution in [0.5, 0.6) is 5.19 Å². The standard InChI is InChI=1S/C23H22F4N6O3S2/c1-38(34,35)16-2-3-17(18(24)10-16)19-13-33-21(30-19)37-22(31-33)36-9-6-14-4-7-32(8-5-14)20-28-11-15(12-29-20)23(25,26)27/h2-3,10-14H,4-9H2,1H3. The highest BCUT2D eigenvalue weighted by Gasteiger charge is 2.32. The number of hydrogen-bond donors (Lipinski definition) is 0. The molecule has 0 radical (unpaired) electrons. The molecule has 1 aromatic carbocycles. The maximum atomic E-state index is 14.5. The van der Waals surface area contributed by atoms with Crippen molar-refractivity contribution < 1.29 is 30.7 Å². The minimum atomic E-state index is -4.46. The van der Waals surface area contributed by atoms with Crippen LogP contribution in [0.1, 0.15) is 24.8 Å². The third kappa shape index (κ3) is 5.72. The van der Waals surface area contributed by atoms with Gasteiger partial charge in [0.15, 0.2) is 9.84 Å². The predicted octanol–water partition coefficient (Wildman–Crippen LogP) is 4.49. The Labute approximate surface area is 219 Å². The van der Waals surface area contributed by atoms with E-state index in [1.165, 1.54) is 28.0 Å². The number of imidazole rings is 1. The smallest absolute Gasteiger partial charge is 0.419 e. The summed E-state index contributed by atoms with van der Waals surface area (Å²) < 4.78 is 83.1. The first kappa shape index (κ1) is 26.3. The molecule has 5 rings (SSSR count). The normalized spacial score (nSPS) is 15.3. The van der Waals surface area contributed by atoms with Gasteiger partial charge in [-0.2, -0.15) is 13.2 Å². The SMILES string of the molecule is CS(=O)(=O)c1ccc(-c2cn3nc(OCCC4CCN(c5ncc(C(F)(F)F)cn5)CC4)sc3n2)c(F)c1. The van der Waals surface area contributed by atoms with E-state index in [1.807, 2.05) is 4.90 Å². The van der Waals surface area contributed by atoms with E-state index < -0.39 is 27.4 Å². The van der Waals surface area contributed by atoms with Crippen molar-refractivity contribution in [3.8, 4) is 16.5 Å². The van der Waals surface area contributed by atoms with Crippen LogP contribution in [0.2, 0.25) is 0 Å². The molecule has 0 saturated carbocycles. The van der Waals surface area contributed by atoms with Crippen molar-refractivity contribution in [2.24, 2.45) is 5.92 Å². The molecule has 1 saturated heterocycles. The Bertz CT molecular complexity index is 1510. The molecule has 1 aliphatic rings. The van der Waals surface area contributed by atoms with Gasteiger partial charge in [0.2, 0.25) is 10.9 Å². The summed E-state index contributed by atoms with van der Waals surface area (Å²) in [4.78, 5) is 14.4. The summed E-state index contributed by atoms with van der Waals surface area (Å²) in [6.07, 6.45) is 2.18. The van der Waals surface area contributed by atoms with Crippen LogP contribution in [0.4, 0.5) is 23.5 Å². The van der Waals surface area contributed by atoms with Crippen LogP contribution in [-0.4, -0.2) is 58.9 Å². The molecule has 0 bridgehead atoms. The summed E-state index contributed by atoms with van der Waals surface area (Å²) >= 11 is 1.21. The second-order valence-electron chi connectivity index (χ2n) is 8.97. The van der Waals surface area contributed by atoms with Gasteiger partial charge in [0.1, 0.15) is 5.82 Å². The number of benzene rings is 1. The average molecular weight is 571 g/mol. The Morgan fingerprint density at radius 2 is 1.87 bits per heavy atom. The summed E-state index contributed by atoms with van der Waals surface area (Å²) in [6, 6.07) is 3.69. The van der Waals surface area contributed by atoms with E-state index in [1.54, 1.807) is 6.20 Å². The quantitative estimate of drug-likeness (QED) is 0.300. The van der Waals surface area contributed by atoms with Crippen molar-refractivity contribution >= 4 is 32.1 Å². The number of ether oxygens (including phenoxy) is 1. The Morgan fingerprint density at radius 3 is 2.47 bits per heavy atom. The van der Waals surface area contributed by atoms with E-state index >= 15 is 0 Å². The molecule has 1 aliphatic heterocycles. The predicted molar refractivity (Wildman–Crippen MR) is 131 cm³/mol. The lowest BCUT2D eigenvalue weighted by atomic mass is 9.94. The van der Waals surface area contributed by atoms with Gasteiger partial charge in [-0.3, -0.25) is 0 Å². The molecule has 0 atom stereocenters. The summed E-state index contributed by atoms with van der Waals surface area (Å²) in [7, 11) is -3.52. The van der Waals surface area contributed by atoms with Gasteiger partial charge in [0.25, 0.3) is 5.19 Å². The maximum Gasteiger partial charge on any atom is 0.419 e. The van der Waals surface area contributed by atoms with Gasteiger partial charge in [-0.05, 0) is 54.7 Å². The Morgan fingerprint density at radius 1 is 1.16 bits per heavy atom. The topological polar surface area (TPSA) is 103 Å². The zero-order valence-corrected chi connectivity index (χ0v) is 21.7. The molecular formula is C23H22F4N6O3S2. The molecule has 202 valence electrons. The van der Waals surface area contributed by atoms with Crippen LogP contribution in [0.25, 0.3) is 16.2 Å². The molecule has 0 aliphatic carbocycles. The number of fused-ring (bicyclic) bond motifs is 1. The first-order chi connectivity index (χ1) is 18.0. The summed E-state index contributed by atoms with van der Waals surface area (Å²) in [5, 5.41) is 4.75. The summed E-state index contributed by atoms with van der Waals surface area (Å²) in [6.45, 7) is 1.73. The lowest BCUT2D eigenvalue weighted by molar-refractivity contribution is -0.138. The fourth-order valence-electron chi connectivity index (χ4n) is 4.17. The zero-order chi connectivity index (χ0) is 27.1. The van der Waals surface area contributed by atoms with E-state index in [9.17, 15) is 26.0 Å². The molecule has 4 heterocycles. The van der Waals surface area contributed by atoms with E-state index in [0.717, 1.165) is 44.0 Å². The van der Waals surface area contributed by atoms with Gasteiger partial charge in [-0.1, -0.05) is 0 Å². The van der Waals surface area contributed by atoms with E-state index in [-0.39, 0.29) is 10.5 Å². The summed E-state index contributed by atoms with van der Waals surface area (Å²) in [5.74, 6) is -0.00951. The first-order valence-corrected chi connectivity index (χ1v) is 14.3. The summed E-state index contributed by atoms with van der Waals surface area (Å²) in [5.41, 5.74) is -0.364. The number of nitrogens with zero attached hydrogens (tertiary/aromatic N) is 6. The van der Waals surface area contributed by atoms with E-state index in [0.29, 0.717) is 47.4 Å². The number of alkyl halides is 3. The number of rotatable bonds is 7. The first-order valence-electron chi connectivity index (χ1n) is 11.6. The van der Waals surface area contributed by atoms with Crippen LogP contribution >= 0.6 is 11.3 Å². The Hall–Kier alpha value is -3.33. The zero-order valence-electron chi connectivity index (χ0n) is 20.0. The average Bonchev–Trinajstić information content (AvgIpc) is 3.42. The molecule has 0 amide bonds. The minimum absolute atomic E-state index is 0.104. The lowest BCUT2D eigenvalue weighted by Gasteiger charge is -2.31. The number of halogens is 4. The van der Waals surface area contributed by atoms with Crippen molar-refractivity contribution in [1.82, 2.24) is 24.6 Å². The monoisotopic (exact) mass is 570 g/mol. The maximum absolute atomic E-state index is 14.5. The lowest BCUT2D eigenvalue weighted by Crippen LogP contribution is -2.35. The molecule has 0 spiro atoms. The number of piperidine rings is 1. The molecule has 3 aromatic heterocycles. The second-order valence-corrected chi connectivity index (χ2v) is 11.9. The van der Waals surface area contributed by atoms with Gasteiger partial charge in [0.05, 0.1) is 29.0 Å². The Kier molecular flexibility index (Phi) is 6.98. The molecule has 4 aromatic rings. The fourth-order valence-corrected chi connectivity index (χ4v) is 5.56. The van der Waals surface area contributed by atoms with E-state index in [4.69, 9.17) is 4.74 Å². The van der Waals surface area contributed by atoms with Crippen LogP contribution in [0.15, 0.2) is 41.7 Å². The van der Waals surface area contributed by atoms with Gasteiger partial charge in [-0.25, -0.2) is 32.3 Å². The molecule has 9 nitrogen and oxygen atoms in total. The minimum Gasteiger partial charge on any atom is -0.469 e. The van der Waals surface area contributed by atoms with Crippen molar-refractivity contribution in [2.45, 2.75) is 30.3 Å². The fraction of sp³-hybridized carbons (Fsp3) is 0.391. The highest BCUT2D eigenvalue weighted by atomic mass is 32.2. The molecule has 0 unspecified atom stereocenters. The van der Waals surface area contributed by atoms with Crippen molar-refractivity contribution in [1.29, 1.82) is 0 Å². The second kappa shape index (κ2) is 10.1. The largest absolute Gasteiger partial charge is 0.469 e. The van der Waals surface area contributed by atoms with E-state index in [2.05, 4.69) is 20.1 Å². The third-order valence-electron chi connectivity index (χ3n) is 6.28. The molecular weight excluding hydrogens is 548 g/mol. The molecule has 38 heavy (non-hydrogen) atoms. The van der Waals surface area contributed by atoms with Crippen LogP contribution in [0.3, 0.4) is 0 Å². The molecule has 15 heteroatoms. The van der Waals surface area contributed by atoms with Crippen LogP contribution in [-0.2, 0) is 16.0 Å². The van der Waals surface area contributed by atoms with Crippen LogP contribution in [0, 0.1) is 11.7 Å². The Balaban J connectivity index is 1.12.